The molecule has 1 saturated heterocycles. The molecule has 5 nitrogen and oxygen atoms in total. The van der Waals surface area contributed by atoms with Crippen LogP contribution in [-0.4, -0.2) is 33.2 Å². The lowest BCUT2D eigenvalue weighted by molar-refractivity contribution is -0.139. The van der Waals surface area contributed by atoms with Crippen LogP contribution in [0.15, 0.2) is 89.0 Å². The molecule has 1 aliphatic rings. The summed E-state index contributed by atoms with van der Waals surface area (Å²) in [6.07, 6.45) is 2.44. The van der Waals surface area contributed by atoms with Crippen LogP contribution in [0, 0.1) is 5.82 Å². The molecule has 0 spiro atoms. The zero-order valence-electron chi connectivity index (χ0n) is 18.0. The molecule has 1 aromatic heterocycles. The molecule has 4 aromatic rings. The molecule has 1 atom stereocenters. The Morgan fingerprint density at radius 1 is 1.00 bits per heavy atom. The molecule has 170 valence electrons. The number of nitrogens with zero attached hydrogens (tertiary/aromatic N) is 1. The predicted octanol–water partition coefficient (Wildman–Crippen LogP) is 5.73. The predicted molar refractivity (Wildman–Crippen MR) is 132 cm³/mol. The van der Waals surface area contributed by atoms with E-state index >= 15 is 0 Å². The van der Waals surface area contributed by atoms with Gasteiger partial charge < -0.3 is 15.0 Å². The Balaban J connectivity index is 1.56. The number of nitrogens with one attached hydrogen (secondary N) is 1. The number of carbonyl (C=O) groups excluding carboxylic acids is 2. The van der Waals surface area contributed by atoms with Gasteiger partial charge in [0.05, 0.1) is 11.6 Å². The van der Waals surface area contributed by atoms with Crippen molar-refractivity contribution in [2.75, 3.05) is 6.54 Å². The number of aliphatic hydroxyl groups is 1. The van der Waals surface area contributed by atoms with Crippen molar-refractivity contribution in [3.05, 3.63) is 112 Å². The van der Waals surface area contributed by atoms with Crippen molar-refractivity contribution in [2.45, 2.75) is 12.5 Å². The average molecular weight is 519 g/mol. The number of benzene rings is 3. The first-order valence-electron chi connectivity index (χ1n) is 10.8. The Morgan fingerprint density at radius 3 is 2.44 bits per heavy atom. The number of amides is 1. The van der Waals surface area contributed by atoms with Crippen LogP contribution >= 0.6 is 15.9 Å². The number of aromatic amines is 1. The maximum absolute atomic E-state index is 13.4. The third-order valence-electron chi connectivity index (χ3n) is 6.14. The number of para-hydroxylation sites is 1. The number of H-pyrrole nitrogens is 1. The summed E-state index contributed by atoms with van der Waals surface area (Å²) in [6, 6.07) is 19.6. The fourth-order valence-corrected chi connectivity index (χ4v) is 4.71. The molecule has 1 aliphatic heterocycles. The highest BCUT2D eigenvalue weighted by Crippen LogP contribution is 2.40. The Labute approximate surface area is 203 Å². The lowest BCUT2D eigenvalue weighted by Crippen LogP contribution is -2.31. The van der Waals surface area contributed by atoms with Crippen molar-refractivity contribution < 1.29 is 19.1 Å². The van der Waals surface area contributed by atoms with Crippen LogP contribution in [0.2, 0.25) is 0 Å². The van der Waals surface area contributed by atoms with Gasteiger partial charge in [-0.25, -0.2) is 4.39 Å². The topological polar surface area (TPSA) is 73.4 Å². The molecular formula is C27H20BrFN2O3. The summed E-state index contributed by atoms with van der Waals surface area (Å²) in [7, 11) is 0. The zero-order chi connectivity index (χ0) is 23.8. The van der Waals surface area contributed by atoms with Crippen molar-refractivity contribution in [1.29, 1.82) is 0 Å². The number of aromatic nitrogens is 1. The second-order valence-electron chi connectivity index (χ2n) is 8.16. The fraction of sp³-hybridized carbons (Fsp3) is 0.111. The zero-order valence-corrected chi connectivity index (χ0v) is 19.5. The van der Waals surface area contributed by atoms with Gasteiger partial charge in [-0.05, 0) is 60.0 Å². The maximum atomic E-state index is 13.4. The molecule has 0 saturated carbocycles. The Hall–Kier alpha value is -3.71. The average Bonchev–Trinajstić information content (AvgIpc) is 3.37. The third-order valence-corrected chi connectivity index (χ3v) is 6.67. The van der Waals surface area contributed by atoms with Crippen LogP contribution in [0.3, 0.4) is 0 Å². The SMILES string of the molecule is O=C1C(=O)N(CCc2c[nH]c3ccccc23)[C@@H](c2ccc(Br)cc2)C1=C(O)c1ccc(F)cc1. The minimum absolute atomic E-state index is 0.00198. The lowest BCUT2D eigenvalue weighted by Gasteiger charge is -2.25. The van der Waals surface area contributed by atoms with E-state index in [4.69, 9.17) is 0 Å². The van der Waals surface area contributed by atoms with E-state index in [-0.39, 0.29) is 23.4 Å². The summed E-state index contributed by atoms with van der Waals surface area (Å²) in [5.41, 5.74) is 3.01. The number of carbonyl (C=O) groups is 2. The fourth-order valence-electron chi connectivity index (χ4n) is 4.44. The van der Waals surface area contributed by atoms with Gasteiger partial charge in [0.1, 0.15) is 11.6 Å². The molecule has 0 unspecified atom stereocenters. The number of rotatable bonds is 5. The number of likely N-dealkylation sites (tertiary alicyclic amines) is 1. The summed E-state index contributed by atoms with van der Waals surface area (Å²) in [6.45, 7) is 0.285. The number of Topliss-reactive ketones (excluding diaryl/α,β-unsaturated/α-hetero) is 1. The summed E-state index contributed by atoms with van der Waals surface area (Å²) >= 11 is 3.41. The smallest absolute Gasteiger partial charge is 0.295 e. The van der Waals surface area contributed by atoms with Gasteiger partial charge >= 0.3 is 0 Å². The molecule has 0 radical (unpaired) electrons. The van der Waals surface area contributed by atoms with E-state index in [1.807, 2.05) is 54.7 Å². The lowest BCUT2D eigenvalue weighted by atomic mass is 9.95. The van der Waals surface area contributed by atoms with Crippen molar-refractivity contribution >= 4 is 44.3 Å². The van der Waals surface area contributed by atoms with E-state index in [0.717, 1.165) is 20.9 Å². The molecule has 5 rings (SSSR count). The monoisotopic (exact) mass is 518 g/mol. The minimum atomic E-state index is -0.761. The molecular weight excluding hydrogens is 499 g/mol. The van der Waals surface area contributed by atoms with Gasteiger partial charge in [-0.3, -0.25) is 9.59 Å². The standard InChI is InChI=1S/C27H20BrFN2O3/c28-19-9-5-16(6-10-19)24-23(25(32)17-7-11-20(29)12-8-17)26(33)27(34)31(24)14-13-18-15-30-22-4-2-1-3-21(18)22/h1-12,15,24,30,32H,13-14H2/t24-/m0/s1. The second kappa shape index (κ2) is 8.91. The maximum Gasteiger partial charge on any atom is 0.295 e. The van der Waals surface area contributed by atoms with Gasteiger partial charge in [0, 0.05) is 33.7 Å². The molecule has 0 aliphatic carbocycles. The van der Waals surface area contributed by atoms with Crippen molar-refractivity contribution in [1.82, 2.24) is 9.88 Å². The first-order chi connectivity index (χ1) is 16.4. The number of ketones is 1. The van der Waals surface area contributed by atoms with Crippen LogP contribution in [0.25, 0.3) is 16.7 Å². The third kappa shape index (κ3) is 3.92. The summed E-state index contributed by atoms with van der Waals surface area (Å²) in [4.78, 5) is 31.0. The van der Waals surface area contributed by atoms with Gasteiger partial charge in [-0.1, -0.05) is 46.3 Å². The number of fused-ring (bicyclic) bond motifs is 1. The first kappa shape index (κ1) is 22.1. The highest BCUT2D eigenvalue weighted by Gasteiger charge is 2.45. The summed E-state index contributed by atoms with van der Waals surface area (Å²) in [5, 5.41) is 12.1. The van der Waals surface area contributed by atoms with E-state index < -0.39 is 23.5 Å². The highest BCUT2D eigenvalue weighted by atomic mass is 79.9. The molecule has 1 amide bonds. The van der Waals surface area contributed by atoms with Crippen molar-refractivity contribution in [2.24, 2.45) is 0 Å². The van der Waals surface area contributed by atoms with Gasteiger partial charge in [0.2, 0.25) is 0 Å². The molecule has 1 fully saturated rings. The van der Waals surface area contributed by atoms with Crippen LogP contribution in [-0.2, 0) is 16.0 Å². The molecule has 7 heteroatoms. The molecule has 34 heavy (non-hydrogen) atoms. The van der Waals surface area contributed by atoms with Crippen LogP contribution in [0.4, 0.5) is 4.39 Å². The highest BCUT2D eigenvalue weighted by molar-refractivity contribution is 9.10. The van der Waals surface area contributed by atoms with Gasteiger partial charge in [-0.2, -0.15) is 0 Å². The van der Waals surface area contributed by atoms with Crippen molar-refractivity contribution in [3.63, 3.8) is 0 Å². The summed E-state index contributed by atoms with van der Waals surface area (Å²) < 4.78 is 14.3. The van der Waals surface area contributed by atoms with E-state index in [2.05, 4.69) is 20.9 Å². The normalized spacial score (nSPS) is 17.6. The number of hydrogen-bond donors (Lipinski definition) is 2. The Morgan fingerprint density at radius 2 is 1.71 bits per heavy atom. The molecule has 3 aromatic carbocycles. The molecule has 0 bridgehead atoms. The number of halogens is 2. The van der Waals surface area contributed by atoms with Crippen LogP contribution in [0.5, 0.6) is 0 Å². The van der Waals surface area contributed by atoms with Crippen molar-refractivity contribution in [3.8, 4) is 0 Å². The molecule has 2 N–H and O–H groups in total. The Bertz CT molecular complexity index is 1420. The first-order valence-corrected chi connectivity index (χ1v) is 11.6. The van der Waals surface area contributed by atoms with E-state index in [9.17, 15) is 19.1 Å². The number of hydrogen-bond acceptors (Lipinski definition) is 3. The second-order valence-corrected chi connectivity index (χ2v) is 9.08. The Kier molecular flexibility index (Phi) is 5.79. The minimum Gasteiger partial charge on any atom is -0.507 e. The van der Waals surface area contributed by atoms with Gasteiger partial charge in [-0.15, -0.1) is 0 Å². The van der Waals surface area contributed by atoms with E-state index in [1.54, 1.807) is 0 Å². The number of aliphatic hydroxyl groups excluding tert-OH is 1. The van der Waals surface area contributed by atoms with E-state index in [0.29, 0.717) is 12.0 Å². The largest absolute Gasteiger partial charge is 0.507 e. The van der Waals surface area contributed by atoms with Crippen LogP contribution < -0.4 is 0 Å². The van der Waals surface area contributed by atoms with Crippen LogP contribution in [0.1, 0.15) is 22.7 Å². The summed E-state index contributed by atoms with van der Waals surface area (Å²) in [5.74, 6) is -2.20. The quantitative estimate of drug-likeness (QED) is 0.201. The van der Waals surface area contributed by atoms with Gasteiger partial charge in [0.25, 0.3) is 11.7 Å². The molecule has 2 heterocycles. The van der Waals surface area contributed by atoms with E-state index in [1.165, 1.54) is 29.2 Å². The van der Waals surface area contributed by atoms with Gasteiger partial charge in [0.15, 0.2) is 0 Å².